The number of fused-ring (bicyclic) bond motifs is 1. The van der Waals surface area contributed by atoms with Crippen LogP contribution >= 0.6 is 11.6 Å². The maximum atomic E-state index is 12.3. The number of carbonyl (C=O) groups is 2. The smallest absolute Gasteiger partial charge is 0.268 e. The number of aromatic nitrogens is 3. The van der Waals surface area contributed by atoms with Crippen LogP contribution in [0.25, 0.3) is 10.9 Å². The van der Waals surface area contributed by atoms with Crippen LogP contribution in [0.4, 0.5) is 0 Å². The molecule has 2 aromatic heterocycles. The molecule has 1 atom stereocenters. The van der Waals surface area contributed by atoms with Gasteiger partial charge in [0, 0.05) is 22.1 Å². The Hall–Kier alpha value is -3.26. The van der Waals surface area contributed by atoms with Gasteiger partial charge in [0.2, 0.25) is 5.89 Å². The molecule has 2 N–H and O–H groups in total. The molecule has 4 rings (SSSR count). The number of halogens is 1. The van der Waals surface area contributed by atoms with Gasteiger partial charge in [-0.2, -0.15) is 4.98 Å². The molecule has 1 unspecified atom stereocenters. The lowest BCUT2D eigenvalue weighted by Gasteiger charge is -2.04. The molecule has 3 heterocycles. The Bertz CT molecular complexity index is 1070. The number of rotatable bonds is 4. The molecule has 3 aromatic rings. The molecule has 1 aliphatic heterocycles. The molecule has 8 nitrogen and oxygen atoms in total. The zero-order chi connectivity index (χ0) is 18.1. The van der Waals surface area contributed by atoms with Gasteiger partial charge in [0.25, 0.3) is 11.8 Å². The van der Waals surface area contributed by atoms with Gasteiger partial charge in [-0.05, 0) is 30.3 Å². The predicted molar refractivity (Wildman–Crippen MR) is 94.2 cm³/mol. The van der Waals surface area contributed by atoms with E-state index in [1.807, 2.05) is 0 Å². The van der Waals surface area contributed by atoms with E-state index in [4.69, 9.17) is 16.1 Å². The number of nitrogens with zero attached hydrogens (tertiary/aromatic N) is 3. The second-order valence-electron chi connectivity index (χ2n) is 5.62. The average molecular weight is 370 g/mol. The number of H-pyrrole nitrogens is 1. The minimum Gasteiger partial charge on any atom is -0.351 e. The number of benzene rings is 1. The predicted octanol–water partition coefficient (Wildman–Crippen LogP) is 2.39. The summed E-state index contributed by atoms with van der Waals surface area (Å²) in [7, 11) is 0. The highest BCUT2D eigenvalue weighted by atomic mass is 35.5. The molecular formula is C17H12ClN5O3. The zero-order valence-electron chi connectivity index (χ0n) is 13.3. The van der Waals surface area contributed by atoms with Crippen LogP contribution in [0.1, 0.15) is 28.1 Å². The van der Waals surface area contributed by atoms with E-state index in [0.717, 1.165) is 10.9 Å². The van der Waals surface area contributed by atoms with Crippen LogP contribution in [0.15, 0.2) is 45.9 Å². The fourth-order valence-corrected chi connectivity index (χ4v) is 2.76. The van der Waals surface area contributed by atoms with Crippen molar-refractivity contribution in [3.8, 4) is 0 Å². The molecule has 9 heteroatoms. The van der Waals surface area contributed by atoms with Crippen molar-refractivity contribution in [1.82, 2.24) is 20.4 Å². The zero-order valence-corrected chi connectivity index (χ0v) is 14.0. The largest absolute Gasteiger partial charge is 0.351 e. The second kappa shape index (κ2) is 6.57. The van der Waals surface area contributed by atoms with Crippen LogP contribution in [0.2, 0.25) is 5.02 Å². The van der Waals surface area contributed by atoms with E-state index in [9.17, 15) is 9.59 Å². The molecule has 0 spiro atoms. The number of allylic oxidation sites excluding steroid dienone is 1. The first-order chi connectivity index (χ1) is 12.6. The molecule has 130 valence electrons. The first-order valence-corrected chi connectivity index (χ1v) is 8.11. The Balaban J connectivity index is 1.43. The minimum atomic E-state index is -0.661. The van der Waals surface area contributed by atoms with Crippen molar-refractivity contribution >= 4 is 40.5 Å². The molecular weight excluding hydrogens is 358 g/mol. The fourth-order valence-electron chi connectivity index (χ4n) is 2.58. The summed E-state index contributed by atoms with van der Waals surface area (Å²) >= 11 is 5.95. The van der Waals surface area contributed by atoms with Gasteiger partial charge in [-0.3, -0.25) is 9.59 Å². The van der Waals surface area contributed by atoms with Crippen molar-refractivity contribution in [3.63, 3.8) is 0 Å². The first-order valence-electron chi connectivity index (χ1n) is 7.74. The van der Waals surface area contributed by atoms with Gasteiger partial charge < -0.3 is 14.8 Å². The van der Waals surface area contributed by atoms with E-state index in [0.29, 0.717) is 10.7 Å². The summed E-state index contributed by atoms with van der Waals surface area (Å²) in [6, 6.07) is 7.02. The summed E-state index contributed by atoms with van der Waals surface area (Å²) in [5.74, 6) is -0.932. The van der Waals surface area contributed by atoms with Gasteiger partial charge in [0.05, 0.1) is 6.54 Å². The second-order valence-corrected chi connectivity index (χ2v) is 6.06. The van der Waals surface area contributed by atoms with E-state index in [2.05, 4.69) is 25.4 Å². The van der Waals surface area contributed by atoms with Gasteiger partial charge in [0.15, 0.2) is 5.82 Å². The van der Waals surface area contributed by atoms with Crippen molar-refractivity contribution in [1.29, 1.82) is 0 Å². The van der Waals surface area contributed by atoms with Crippen LogP contribution in [0.3, 0.4) is 0 Å². The highest BCUT2D eigenvalue weighted by Crippen LogP contribution is 2.20. The average Bonchev–Trinajstić information content (AvgIpc) is 3.26. The lowest BCUT2D eigenvalue weighted by molar-refractivity contribution is -0.118. The van der Waals surface area contributed by atoms with Crippen LogP contribution in [-0.2, 0) is 11.3 Å². The van der Waals surface area contributed by atoms with Crippen molar-refractivity contribution in [2.75, 3.05) is 0 Å². The monoisotopic (exact) mass is 369 g/mol. The summed E-state index contributed by atoms with van der Waals surface area (Å²) in [4.78, 5) is 34.8. The Morgan fingerprint density at radius 2 is 2.23 bits per heavy atom. The third-order valence-corrected chi connectivity index (χ3v) is 4.08. The van der Waals surface area contributed by atoms with Gasteiger partial charge in [-0.15, -0.1) is 0 Å². The summed E-state index contributed by atoms with van der Waals surface area (Å²) in [5.41, 5.74) is 1.20. The maximum absolute atomic E-state index is 12.3. The molecule has 0 saturated carbocycles. The third kappa shape index (κ3) is 3.14. The third-order valence-electron chi connectivity index (χ3n) is 3.85. The Morgan fingerprint density at radius 1 is 1.35 bits per heavy atom. The molecule has 0 saturated heterocycles. The quantitative estimate of drug-likeness (QED) is 0.733. The fraction of sp³-hybridized carbons (Fsp3) is 0.118. The molecule has 0 fully saturated rings. The summed E-state index contributed by atoms with van der Waals surface area (Å²) < 4.78 is 5.09. The van der Waals surface area contributed by atoms with E-state index in [-0.39, 0.29) is 30.1 Å². The minimum absolute atomic E-state index is 0.0375. The van der Waals surface area contributed by atoms with E-state index in [1.165, 1.54) is 6.21 Å². The number of carbonyl (C=O) groups excluding carboxylic acids is 2. The molecule has 2 amide bonds. The van der Waals surface area contributed by atoms with Crippen LogP contribution in [0.5, 0.6) is 0 Å². The summed E-state index contributed by atoms with van der Waals surface area (Å²) in [5, 5.41) is 7.90. The molecule has 0 aliphatic carbocycles. The van der Waals surface area contributed by atoms with E-state index >= 15 is 0 Å². The highest BCUT2D eigenvalue weighted by molar-refractivity contribution is 6.31. The molecule has 1 aliphatic rings. The first kappa shape index (κ1) is 16.2. The van der Waals surface area contributed by atoms with Crippen molar-refractivity contribution in [3.05, 3.63) is 58.8 Å². The van der Waals surface area contributed by atoms with Crippen LogP contribution in [-0.4, -0.2) is 33.2 Å². The van der Waals surface area contributed by atoms with E-state index < -0.39 is 5.92 Å². The topological polar surface area (TPSA) is 113 Å². The number of aromatic amines is 1. The van der Waals surface area contributed by atoms with Crippen molar-refractivity contribution < 1.29 is 14.1 Å². The maximum Gasteiger partial charge on any atom is 0.268 e. The normalized spacial score (nSPS) is 16.3. The highest BCUT2D eigenvalue weighted by Gasteiger charge is 2.24. The number of hydrogen-bond donors (Lipinski definition) is 2. The number of amides is 2. The lowest BCUT2D eigenvalue weighted by Crippen LogP contribution is -2.23. The molecule has 26 heavy (non-hydrogen) atoms. The Morgan fingerprint density at radius 3 is 3.08 bits per heavy atom. The lowest BCUT2D eigenvalue weighted by atomic mass is 10.1. The Kier molecular flexibility index (Phi) is 4.10. The summed E-state index contributed by atoms with van der Waals surface area (Å²) in [6.07, 6.45) is 4.69. The SMILES string of the molecule is O=C(NCc1nc(C2C=CC=NC2=O)no1)c1cc2cc(Cl)ccc2[nH]1. The molecule has 1 aromatic carbocycles. The standard InChI is InChI=1S/C17H12ClN5O3/c18-10-3-4-12-9(6-10)7-13(21-12)17(25)20-8-14-22-15(23-26-14)11-2-1-5-19-16(11)24/h1-7,11,21H,8H2,(H,20,25). The van der Waals surface area contributed by atoms with Gasteiger partial charge in [-0.1, -0.05) is 22.8 Å². The van der Waals surface area contributed by atoms with Crippen LogP contribution < -0.4 is 5.32 Å². The van der Waals surface area contributed by atoms with Gasteiger partial charge >= 0.3 is 0 Å². The van der Waals surface area contributed by atoms with Gasteiger partial charge in [0.1, 0.15) is 11.6 Å². The van der Waals surface area contributed by atoms with Crippen molar-refractivity contribution in [2.24, 2.45) is 4.99 Å². The molecule has 0 radical (unpaired) electrons. The number of hydrogen-bond acceptors (Lipinski definition) is 5. The number of aliphatic imine (C=N–C) groups is 1. The number of dihydropyridines is 1. The number of nitrogens with one attached hydrogen (secondary N) is 2. The van der Waals surface area contributed by atoms with Gasteiger partial charge in [-0.25, -0.2) is 4.99 Å². The van der Waals surface area contributed by atoms with E-state index in [1.54, 1.807) is 36.4 Å². The molecule has 0 bridgehead atoms. The Labute approximate surface area is 151 Å². The van der Waals surface area contributed by atoms with Crippen molar-refractivity contribution in [2.45, 2.75) is 12.5 Å². The van der Waals surface area contributed by atoms with Crippen LogP contribution in [0, 0.1) is 0 Å². The summed E-state index contributed by atoms with van der Waals surface area (Å²) in [6.45, 7) is 0.0375.